The summed E-state index contributed by atoms with van der Waals surface area (Å²) in [5.74, 6) is 0.0299. The normalized spacial score (nSPS) is 11.2. The molecule has 3 aromatic carbocycles. The fourth-order valence-corrected chi connectivity index (χ4v) is 3.80. The van der Waals surface area contributed by atoms with Gasteiger partial charge in [0.15, 0.2) is 0 Å². The number of benzene rings is 3. The maximum atomic E-state index is 6.62. The molecule has 0 heterocycles. The molecule has 0 aliphatic carbocycles. The SMILES string of the molecule is Cc1cc(C(c2cc(C)c(N)cc2C)c2ccccc2Cl)c(C)cc1N. The van der Waals surface area contributed by atoms with Crippen LogP contribution in [0, 0.1) is 27.7 Å². The molecule has 26 heavy (non-hydrogen) atoms. The lowest BCUT2D eigenvalue weighted by Gasteiger charge is -2.25. The van der Waals surface area contributed by atoms with Crippen molar-refractivity contribution >= 4 is 23.0 Å². The standard InChI is InChI=1S/C23H25ClN2/c1-13-11-21(25)15(3)9-18(13)23(17-7-5-6-8-20(17)24)19-10-16(4)22(26)12-14(19)2/h5-12,23H,25-26H2,1-4H3. The van der Waals surface area contributed by atoms with Crippen LogP contribution in [0.5, 0.6) is 0 Å². The Morgan fingerprint density at radius 3 is 1.58 bits per heavy atom. The summed E-state index contributed by atoms with van der Waals surface area (Å²) < 4.78 is 0. The minimum Gasteiger partial charge on any atom is -0.399 e. The van der Waals surface area contributed by atoms with E-state index in [-0.39, 0.29) is 5.92 Å². The lowest BCUT2D eigenvalue weighted by Crippen LogP contribution is -2.10. The quantitative estimate of drug-likeness (QED) is 0.447. The average Bonchev–Trinajstić information content (AvgIpc) is 2.58. The second-order valence-electron chi connectivity index (χ2n) is 7.09. The van der Waals surface area contributed by atoms with Crippen LogP contribution in [-0.4, -0.2) is 0 Å². The molecule has 0 spiro atoms. The second-order valence-corrected chi connectivity index (χ2v) is 7.49. The summed E-state index contributed by atoms with van der Waals surface area (Å²) in [6.07, 6.45) is 0. The molecule has 0 atom stereocenters. The van der Waals surface area contributed by atoms with Crippen molar-refractivity contribution in [2.24, 2.45) is 0 Å². The molecule has 0 bridgehead atoms. The highest BCUT2D eigenvalue weighted by Crippen LogP contribution is 2.40. The lowest BCUT2D eigenvalue weighted by atomic mass is 9.80. The fourth-order valence-electron chi connectivity index (χ4n) is 3.56. The van der Waals surface area contributed by atoms with Gasteiger partial charge in [-0.05, 0) is 84.8 Å². The molecule has 134 valence electrons. The Morgan fingerprint density at radius 2 is 1.12 bits per heavy atom. The molecule has 0 aromatic heterocycles. The van der Waals surface area contributed by atoms with E-state index in [1.807, 2.05) is 44.2 Å². The fraction of sp³-hybridized carbons (Fsp3) is 0.217. The van der Waals surface area contributed by atoms with E-state index >= 15 is 0 Å². The number of halogens is 1. The first kappa shape index (κ1) is 18.3. The van der Waals surface area contributed by atoms with E-state index in [9.17, 15) is 0 Å². The van der Waals surface area contributed by atoms with Crippen LogP contribution in [0.4, 0.5) is 11.4 Å². The van der Waals surface area contributed by atoms with Gasteiger partial charge in [-0.1, -0.05) is 41.9 Å². The first-order valence-electron chi connectivity index (χ1n) is 8.77. The Morgan fingerprint density at radius 1 is 0.654 bits per heavy atom. The second kappa shape index (κ2) is 7.05. The molecule has 0 aliphatic rings. The molecule has 2 nitrogen and oxygen atoms in total. The molecule has 0 radical (unpaired) electrons. The smallest absolute Gasteiger partial charge is 0.0447 e. The molecule has 3 aromatic rings. The lowest BCUT2D eigenvalue weighted by molar-refractivity contribution is 0.945. The van der Waals surface area contributed by atoms with Gasteiger partial charge in [-0.15, -0.1) is 0 Å². The maximum absolute atomic E-state index is 6.62. The van der Waals surface area contributed by atoms with Gasteiger partial charge in [0.05, 0.1) is 0 Å². The van der Waals surface area contributed by atoms with E-state index in [2.05, 4.69) is 32.0 Å². The molecule has 0 unspecified atom stereocenters. The van der Waals surface area contributed by atoms with Crippen LogP contribution in [0.3, 0.4) is 0 Å². The Balaban J connectivity index is 2.34. The van der Waals surface area contributed by atoms with E-state index in [0.29, 0.717) is 0 Å². The number of nitrogen functional groups attached to an aromatic ring is 2. The van der Waals surface area contributed by atoms with Crippen LogP contribution >= 0.6 is 11.6 Å². The minimum absolute atomic E-state index is 0.0299. The number of hydrogen-bond donors (Lipinski definition) is 2. The highest BCUT2D eigenvalue weighted by atomic mass is 35.5. The van der Waals surface area contributed by atoms with E-state index in [1.165, 1.54) is 11.1 Å². The zero-order valence-corrected chi connectivity index (χ0v) is 16.5. The summed E-state index contributed by atoms with van der Waals surface area (Å²) in [5, 5.41) is 0.764. The summed E-state index contributed by atoms with van der Waals surface area (Å²) in [6.45, 7) is 8.30. The first-order chi connectivity index (χ1) is 12.3. The Bertz CT molecular complexity index is 919. The molecule has 0 saturated heterocycles. The molecule has 0 aliphatic heterocycles. The van der Waals surface area contributed by atoms with E-state index in [1.54, 1.807) is 0 Å². The van der Waals surface area contributed by atoms with Crippen molar-refractivity contribution in [3.8, 4) is 0 Å². The summed E-state index contributed by atoms with van der Waals surface area (Å²) in [5.41, 5.74) is 21.9. The van der Waals surface area contributed by atoms with E-state index in [4.69, 9.17) is 23.1 Å². The van der Waals surface area contributed by atoms with Gasteiger partial charge < -0.3 is 11.5 Å². The summed E-state index contributed by atoms with van der Waals surface area (Å²) >= 11 is 6.62. The summed E-state index contributed by atoms with van der Waals surface area (Å²) in [4.78, 5) is 0. The topological polar surface area (TPSA) is 52.0 Å². The number of rotatable bonds is 3. The third-order valence-corrected chi connectivity index (χ3v) is 5.49. The van der Waals surface area contributed by atoms with Crippen LogP contribution in [0.25, 0.3) is 0 Å². The number of aryl methyl sites for hydroxylation is 4. The van der Waals surface area contributed by atoms with Crippen molar-refractivity contribution < 1.29 is 0 Å². The predicted octanol–water partition coefficient (Wildman–Crippen LogP) is 5.92. The van der Waals surface area contributed by atoms with Crippen molar-refractivity contribution in [3.05, 3.63) is 92.5 Å². The van der Waals surface area contributed by atoms with Gasteiger partial charge in [0, 0.05) is 22.3 Å². The summed E-state index contributed by atoms with van der Waals surface area (Å²) in [6, 6.07) is 16.5. The molecule has 0 saturated carbocycles. The minimum atomic E-state index is 0.0299. The molecule has 0 fully saturated rings. The van der Waals surface area contributed by atoms with Crippen molar-refractivity contribution in [1.82, 2.24) is 0 Å². The van der Waals surface area contributed by atoms with Gasteiger partial charge in [0.2, 0.25) is 0 Å². The number of anilines is 2. The molecule has 3 rings (SSSR count). The third kappa shape index (κ3) is 3.30. The Hall–Kier alpha value is -2.45. The molecular formula is C23H25ClN2. The van der Waals surface area contributed by atoms with Crippen molar-refractivity contribution in [2.75, 3.05) is 11.5 Å². The van der Waals surface area contributed by atoms with Crippen molar-refractivity contribution in [2.45, 2.75) is 33.6 Å². The first-order valence-corrected chi connectivity index (χ1v) is 9.15. The van der Waals surface area contributed by atoms with Crippen LogP contribution in [-0.2, 0) is 0 Å². The largest absolute Gasteiger partial charge is 0.399 e. The van der Waals surface area contributed by atoms with E-state index < -0.39 is 0 Å². The summed E-state index contributed by atoms with van der Waals surface area (Å²) in [7, 11) is 0. The highest BCUT2D eigenvalue weighted by molar-refractivity contribution is 6.31. The molecule has 0 amide bonds. The molecular weight excluding hydrogens is 340 g/mol. The van der Waals surface area contributed by atoms with Gasteiger partial charge in [0.25, 0.3) is 0 Å². The van der Waals surface area contributed by atoms with Gasteiger partial charge >= 0.3 is 0 Å². The van der Waals surface area contributed by atoms with Crippen molar-refractivity contribution in [1.29, 1.82) is 0 Å². The maximum Gasteiger partial charge on any atom is 0.0447 e. The number of nitrogens with two attached hydrogens (primary N) is 2. The molecule has 3 heteroatoms. The monoisotopic (exact) mass is 364 g/mol. The molecule has 4 N–H and O–H groups in total. The van der Waals surface area contributed by atoms with Gasteiger partial charge in [-0.2, -0.15) is 0 Å². The van der Waals surface area contributed by atoms with Crippen LogP contribution in [0.2, 0.25) is 5.02 Å². The van der Waals surface area contributed by atoms with Crippen LogP contribution < -0.4 is 11.5 Å². The predicted molar refractivity (Wildman–Crippen MR) is 113 cm³/mol. The van der Waals surface area contributed by atoms with Crippen molar-refractivity contribution in [3.63, 3.8) is 0 Å². The van der Waals surface area contributed by atoms with E-state index in [0.717, 1.165) is 44.2 Å². The Labute approximate surface area is 160 Å². The third-order valence-electron chi connectivity index (χ3n) is 5.15. The van der Waals surface area contributed by atoms with Gasteiger partial charge in [0.1, 0.15) is 0 Å². The zero-order valence-electron chi connectivity index (χ0n) is 15.7. The van der Waals surface area contributed by atoms with Gasteiger partial charge in [-0.3, -0.25) is 0 Å². The Kier molecular flexibility index (Phi) is 4.97. The van der Waals surface area contributed by atoms with Crippen LogP contribution in [0.15, 0.2) is 48.5 Å². The average molecular weight is 365 g/mol. The van der Waals surface area contributed by atoms with Gasteiger partial charge in [-0.25, -0.2) is 0 Å². The zero-order chi connectivity index (χ0) is 19.0. The van der Waals surface area contributed by atoms with Crippen LogP contribution in [0.1, 0.15) is 44.9 Å². The number of hydrogen-bond acceptors (Lipinski definition) is 2. The highest BCUT2D eigenvalue weighted by Gasteiger charge is 2.23.